The minimum Gasteiger partial charge on any atom is -0.444 e. The van der Waals surface area contributed by atoms with Gasteiger partial charge in [-0.15, -0.1) is 0 Å². The van der Waals surface area contributed by atoms with Crippen LogP contribution in [-0.2, 0) is 4.74 Å². The molecule has 0 saturated heterocycles. The lowest BCUT2D eigenvalue weighted by Gasteiger charge is -2.21. The largest absolute Gasteiger partial charge is 0.444 e. The van der Waals surface area contributed by atoms with Gasteiger partial charge in [-0.05, 0) is 46.0 Å². The van der Waals surface area contributed by atoms with Gasteiger partial charge in [-0.2, -0.15) is 0 Å². The van der Waals surface area contributed by atoms with E-state index in [2.05, 4.69) is 18.3 Å². The summed E-state index contributed by atoms with van der Waals surface area (Å²) in [6, 6.07) is 0. The number of carbonyl (C=O) groups excluding carboxylic acids is 1. The van der Waals surface area contributed by atoms with E-state index in [0.29, 0.717) is 6.54 Å². The molecule has 0 aromatic carbocycles. The SMILES string of the molecule is CC1CC=C(CNC(=O)OC(C)(C)C)CC1. The molecule has 1 amide bonds. The van der Waals surface area contributed by atoms with Gasteiger partial charge in [-0.25, -0.2) is 4.79 Å². The van der Waals surface area contributed by atoms with Crippen LogP contribution >= 0.6 is 0 Å². The van der Waals surface area contributed by atoms with E-state index in [1.54, 1.807) is 0 Å². The molecule has 0 radical (unpaired) electrons. The first-order valence-corrected chi connectivity index (χ1v) is 6.01. The predicted octanol–water partition coefficient (Wildman–Crippen LogP) is 3.26. The molecule has 1 N–H and O–H groups in total. The molecule has 92 valence electrons. The summed E-state index contributed by atoms with van der Waals surface area (Å²) in [6.07, 6.45) is 5.36. The average molecular weight is 225 g/mol. The summed E-state index contributed by atoms with van der Waals surface area (Å²) in [5.41, 5.74) is 0.906. The van der Waals surface area contributed by atoms with E-state index in [4.69, 9.17) is 4.74 Å². The van der Waals surface area contributed by atoms with Crippen LogP contribution in [0.15, 0.2) is 11.6 Å². The van der Waals surface area contributed by atoms with Gasteiger partial charge in [0.25, 0.3) is 0 Å². The molecule has 1 unspecified atom stereocenters. The van der Waals surface area contributed by atoms with Crippen LogP contribution in [0.4, 0.5) is 4.79 Å². The van der Waals surface area contributed by atoms with Crippen molar-refractivity contribution in [1.82, 2.24) is 5.32 Å². The van der Waals surface area contributed by atoms with Crippen molar-refractivity contribution in [2.75, 3.05) is 6.54 Å². The Hall–Kier alpha value is -0.990. The summed E-state index contributed by atoms with van der Waals surface area (Å²) < 4.78 is 5.17. The molecule has 0 bridgehead atoms. The number of alkyl carbamates (subject to hydrolysis) is 1. The van der Waals surface area contributed by atoms with Crippen LogP contribution in [0.25, 0.3) is 0 Å². The van der Waals surface area contributed by atoms with Crippen molar-refractivity contribution in [3.8, 4) is 0 Å². The Balaban J connectivity index is 2.27. The Labute approximate surface area is 98.2 Å². The molecule has 16 heavy (non-hydrogen) atoms. The highest BCUT2D eigenvalue weighted by Crippen LogP contribution is 2.22. The molecular weight excluding hydrogens is 202 g/mol. The molecule has 0 spiro atoms. The number of nitrogens with one attached hydrogen (secondary N) is 1. The van der Waals surface area contributed by atoms with E-state index < -0.39 is 5.60 Å². The first-order chi connectivity index (χ1) is 7.37. The van der Waals surface area contributed by atoms with Crippen molar-refractivity contribution in [3.63, 3.8) is 0 Å². The van der Waals surface area contributed by atoms with Gasteiger partial charge in [0, 0.05) is 6.54 Å². The standard InChI is InChI=1S/C13H23NO2/c1-10-5-7-11(8-6-10)9-14-12(15)16-13(2,3)4/h7,10H,5-6,8-9H2,1-4H3,(H,14,15). The predicted molar refractivity (Wildman–Crippen MR) is 65.3 cm³/mol. The summed E-state index contributed by atoms with van der Waals surface area (Å²) in [4.78, 5) is 11.4. The average Bonchev–Trinajstić information content (AvgIpc) is 2.14. The summed E-state index contributed by atoms with van der Waals surface area (Å²) in [5.74, 6) is 0.783. The highest BCUT2D eigenvalue weighted by Gasteiger charge is 2.16. The third-order valence-electron chi connectivity index (χ3n) is 2.63. The lowest BCUT2D eigenvalue weighted by Crippen LogP contribution is -2.33. The van der Waals surface area contributed by atoms with Crippen LogP contribution in [0.1, 0.15) is 47.0 Å². The molecule has 0 aromatic heterocycles. The van der Waals surface area contributed by atoms with Crippen LogP contribution in [0, 0.1) is 5.92 Å². The fraction of sp³-hybridized carbons (Fsp3) is 0.769. The van der Waals surface area contributed by atoms with Crippen LogP contribution in [0.3, 0.4) is 0 Å². The van der Waals surface area contributed by atoms with Crippen molar-refractivity contribution >= 4 is 6.09 Å². The van der Waals surface area contributed by atoms with Gasteiger partial charge >= 0.3 is 6.09 Å². The Morgan fingerprint density at radius 1 is 1.56 bits per heavy atom. The van der Waals surface area contributed by atoms with Gasteiger partial charge in [-0.1, -0.05) is 18.6 Å². The van der Waals surface area contributed by atoms with E-state index in [1.807, 2.05) is 20.8 Å². The minimum atomic E-state index is -0.417. The zero-order valence-corrected chi connectivity index (χ0v) is 10.8. The zero-order valence-electron chi connectivity index (χ0n) is 10.8. The summed E-state index contributed by atoms with van der Waals surface area (Å²) in [7, 11) is 0. The first-order valence-electron chi connectivity index (χ1n) is 6.01. The maximum atomic E-state index is 11.4. The molecule has 1 aliphatic carbocycles. The molecule has 0 aliphatic heterocycles. The van der Waals surface area contributed by atoms with Gasteiger partial charge in [0.15, 0.2) is 0 Å². The number of allylic oxidation sites excluding steroid dienone is 1. The molecule has 0 aromatic rings. The van der Waals surface area contributed by atoms with Crippen LogP contribution in [-0.4, -0.2) is 18.2 Å². The Bertz CT molecular complexity index is 276. The zero-order chi connectivity index (χ0) is 12.2. The van der Waals surface area contributed by atoms with Crippen LogP contribution < -0.4 is 5.32 Å². The van der Waals surface area contributed by atoms with Crippen LogP contribution in [0.2, 0.25) is 0 Å². The van der Waals surface area contributed by atoms with Crippen molar-refractivity contribution < 1.29 is 9.53 Å². The lowest BCUT2D eigenvalue weighted by atomic mass is 9.91. The molecule has 1 rings (SSSR count). The molecule has 0 saturated carbocycles. The number of ether oxygens (including phenoxy) is 1. The maximum Gasteiger partial charge on any atom is 0.407 e. The molecule has 0 fully saturated rings. The molecule has 1 atom stereocenters. The van der Waals surface area contributed by atoms with Crippen molar-refractivity contribution in [2.24, 2.45) is 5.92 Å². The first kappa shape index (κ1) is 13.1. The maximum absolute atomic E-state index is 11.4. The van der Waals surface area contributed by atoms with Crippen molar-refractivity contribution in [2.45, 2.75) is 52.6 Å². The summed E-state index contributed by atoms with van der Waals surface area (Å²) in [5, 5.41) is 2.79. The fourth-order valence-electron chi connectivity index (χ4n) is 1.68. The van der Waals surface area contributed by atoms with Gasteiger partial charge in [0.05, 0.1) is 0 Å². The molecule has 3 heteroatoms. The highest BCUT2D eigenvalue weighted by atomic mass is 16.6. The molecular formula is C13H23NO2. The third kappa shape index (κ3) is 5.19. The second kappa shape index (κ2) is 5.37. The number of carbonyl (C=O) groups is 1. The minimum absolute atomic E-state index is 0.327. The summed E-state index contributed by atoms with van der Waals surface area (Å²) >= 11 is 0. The van der Waals surface area contributed by atoms with Crippen LogP contribution in [0.5, 0.6) is 0 Å². The van der Waals surface area contributed by atoms with E-state index in [0.717, 1.165) is 18.8 Å². The Morgan fingerprint density at radius 2 is 2.25 bits per heavy atom. The normalized spacial score (nSPS) is 21.2. The number of rotatable bonds is 2. The lowest BCUT2D eigenvalue weighted by molar-refractivity contribution is 0.0532. The van der Waals surface area contributed by atoms with E-state index >= 15 is 0 Å². The van der Waals surface area contributed by atoms with Gasteiger partial charge < -0.3 is 10.1 Å². The Morgan fingerprint density at radius 3 is 2.75 bits per heavy atom. The van der Waals surface area contributed by atoms with Gasteiger partial charge in [0.1, 0.15) is 5.60 Å². The number of hydrogen-bond acceptors (Lipinski definition) is 2. The summed E-state index contributed by atoms with van der Waals surface area (Å²) in [6.45, 7) is 8.49. The monoisotopic (exact) mass is 225 g/mol. The second-order valence-corrected chi connectivity index (χ2v) is 5.60. The smallest absolute Gasteiger partial charge is 0.407 e. The van der Waals surface area contributed by atoms with E-state index in [-0.39, 0.29) is 6.09 Å². The molecule has 3 nitrogen and oxygen atoms in total. The van der Waals surface area contributed by atoms with E-state index in [9.17, 15) is 4.79 Å². The van der Waals surface area contributed by atoms with Crippen molar-refractivity contribution in [3.05, 3.63) is 11.6 Å². The topological polar surface area (TPSA) is 38.3 Å². The Kier molecular flexibility index (Phi) is 4.39. The third-order valence-corrected chi connectivity index (χ3v) is 2.63. The molecule has 0 heterocycles. The van der Waals surface area contributed by atoms with Crippen molar-refractivity contribution in [1.29, 1.82) is 0 Å². The quantitative estimate of drug-likeness (QED) is 0.732. The van der Waals surface area contributed by atoms with Gasteiger partial charge in [0.2, 0.25) is 0 Å². The number of hydrogen-bond donors (Lipinski definition) is 1. The van der Waals surface area contributed by atoms with E-state index in [1.165, 1.54) is 12.0 Å². The second-order valence-electron chi connectivity index (χ2n) is 5.60. The number of amides is 1. The molecule has 1 aliphatic rings. The van der Waals surface area contributed by atoms with Gasteiger partial charge in [-0.3, -0.25) is 0 Å². The fourth-order valence-corrected chi connectivity index (χ4v) is 1.68. The highest BCUT2D eigenvalue weighted by molar-refractivity contribution is 5.68.